The molecule has 0 bridgehead atoms. The fraction of sp³-hybridized carbons (Fsp3) is 0.500. The summed E-state index contributed by atoms with van der Waals surface area (Å²) in [4.78, 5) is 25.1. The van der Waals surface area contributed by atoms with Gasteiger partial charge in [-0.25, -0.2) is 4.79 Å². The van der Waals surface area contributed by atoms with Gasteiger partial charge in [0, 0.05) is 20.0 Å². The van der Waals surface area contributed by atoms with Gasteiger partial charge >= 0.3 is 6.09 Å². The van der Waals surface area contributed by atoms with E-state index in [1.54, 1.807) is 19.2 Å². The van der Waals surface area contributed by atoms with Crippen molar-refractivity contribution in [2.75, 3.05) is 34.2 Å². The minimum atomic E-state index is -0.467. The van der Waals surface area contributed by atoms with E-state index in [0.29, 0.717) is 25.1 Å². The van der Waals surface area contributed by atoms with Crippen LogP contribution in [-0.4, -0.2) is 51.1 Å². The maximum atomic E-state index is 11.8. The second kappa shape index (κ2) is 9.78. The second-order valence-electron chi connectivity index (χ2n) is 5.25. The second-order valence-corrected chi connectivity index (χ2v) is 5.25. The van der Waals surface area contributed by atoms with Crippen LogP contribution in [0.4, 0.5) is 4.79 Å². The lowest BCUT2D eigenvalue weighted by Gasteiger charge is -2.12. The van der Waals surface area contributed by atoms with Gasteiger partial charge < -0.3 is 20.3 Å². The van der Waals surface area contributed by atoms with Crippen LogP contribution in [0.15, 0.2) is 24.3 Å². The molecule has 0 saturated heterocycles. The monoisotopic (exact) mass is 307 g/mol. The van der Waals surface area contributed by atoms with Gasteiger partial charge in [0.25, 0.3) is 0 Å². The third-order valence-corrected chi connectivity index (χ3v) is 3.13. The normalized spacial score (nSPS) is 10.4. The van der Waals surface area contributed by atoms with Crippen molar-refractivity contribution in [3.63, 3.8) is 0 Å². The molecule has 1 aromatic carbocycles. The van der Waals surface area contributed by atoms with E-state index in [-0.39, 0.29) is 5.91 Å². The number of nitrogens with zero attached hydrogens (tertiary/aromatic N) is 1. The summed E-state index contributed by atoms with van der Waals surface area (Å²) in [5.41, 5.74) is 0.842. The van der Waals surface area contributed by atoms with Gasteiger partial charge in [0.2, 0.25) is 5.91 Å². The Bertz CT molecular complexity index is 489. The lowest BCUT2D eigenvalue weighted by atomic mass is 10.1. The standard InChI is InChI=1S/C16H25N3O3/c1-17-15(20)10-9-13-7-4-5-8-14(13)22-16(21)18-11-6-12-19(2)3/h4-5,7-8H,6,9-12H2,1-3H3,(H,17,20)(H,18,21). The summed E-state index contributed by atoms with van der Waals surface area (Å²) in [7, 11) is 5.58. The Kier molecular flexibility index (Phi) is 7.99. The van der Waals surface area contributed by atoms with Crippen LogP contribution in [0.3, 0.4) is 0 Å². The molecule has 0 saturated carbocycles. The Morgan fingerprint density at radius 3 is 2.64 bits per heavy atom. The number of ether oxygens (including phenoxy) is 1. The fourth-order valence-electron chi connectivity index (χ4n) is 1.90. The zero-order valence-electron chi connectivity index (χ0n) is 13.5. The first-order chi connectivity index (χ1) is 10.5. The van der Waals surface area contributed by atoms with Gasteiger partial charge in [-0.15, -0.1) is 0 Å². The molecule has 2 N–H and O–H groups in total. The zero-order chi connectivity index (χ0) is 16.4. The number of hydrogen-bond donors (Lipinski definition) is 2. The van der Waals surface area contributed by atoms with Gasteiger partial charge in [0.1, 0.15) is 5.75 Å². The van der Waals surface area contributed by atoms with E-state index in [0.717, 1.165) is 18.5 Å². The number of rotatable bonds is 8. The minimum Gasteiger partial charge on any atom is -0.410 e. The number of hydrogen-bond acceptors (Lipinski definition) is 4. The first kappa shape index (κ1) is 18.0. The Balaban J connectivity index is 2.47. The van der Waals surface area contributed by atoms with Gasteiger partial charge in [0.15, 0.2) is 0 Å². The third-order valence-electron chi connectivity index (χ3n) is 3.13. The molecule has 0 aromatic heterocycles. The van der Waals surface area contributed by atoms with E-state index in [4.69, 9.17) is 4.74 Å². The highest BCUT2D eigenvalue weighted by atomic mass is 16.6. The van der Waals surface area contributed by atoms with Crippen LogP contribution in [-0.2, 0) is 11.2 Å². The fourth-order valence-corrected chi connectivity index (χ4v) is 1.90. The molecule has 0 aliphatic rings. The Morgan fingerprint density at radius 1 is 1.23 bits per heavy atom. The van der Waals surface area contributed by atoms with E-state index in [1.807, 2.05) is 26.2 Å². The number of amides is 2. The van der Waals surface area contributed by atoms with E-state index in [2.05, 4.69) is 15.5 Å². The molecular formula is C16H25N3O3. The summed E-state index contributed by atoms with van der Waals surface area (Å²) in [5, 5.41) is 5.30. The van der Waals surface area contributed by atoms with E-state index in [9.17, 15) is 9.59 Å². The average molecular weight is 307 g/mol. The molecule has 6 heteroatoms. The van der Waals surface area contributed by atoms with Crippen molar-refractivity contribution in [1.82, 2.24) is 15.5 Å². The average Bonchev–Trinajstić information content (AvgIpc) is 2.50. The van der Waals surface area contributed by atoms with E-state index in [1.165, 1.54) is 0 Å². The topological polar surface area (TPSA) is 70.7 Å². The first-order valence-electron chi connectivity index (χ1n) is 7.42. The highest BCUT2D eigenvalue weighted by Gasteiger charge is 2.09. The smallest absolute Gasteiger partial charge is 0.410 e. The molecule has 0 atom stereocenters. The van der Waals surface area contributed by atoms with Crippen molar-refractivity contribution in [2.24, 2.45) is 0 Å². The van der Waals surface area contributed by atoms with Gasteiger partial charge in [-0.3, -0.25) is 4.79 Å². The quantitative estimate of drug-likeness (QED) is 0.712. The highest BCUT2D eigenvalue weighted by molar-refractivity contribution is 5.76. The summed E-state index contributed by atoms with van der Waals surface area (Å²) in [6.45, 7) is 1.47. The van der Waals surface area contributed by atoms with Gasteiger partial charge in [-0.1, -0.05) is 18.2 Å². The molecular weight excluding hydrogens is 282 g/mol. The van der Waals surface area contributed by atoms with Crippen LogP contribution in [0.2, 0.25) is 0 Å². The van der Waals surface area contributed by atoms with Gasteiger partial charge in [-0.05, 0) is 45.1 Å². The predicted molar refractivity (Wildman–Crippen MR) is 86.0 cm³/mol. The number of aryl methyl sites for hydroxylation is 1. The summed E-state index contributed by atoms with van der Waals surface area (Å²) >= 11 is 0. The van der Waals surface area contributed by atoms with Crippen molar-refractivity contribution < 1.29 is 14.3 Å². The van der Waals surface area contributed by atoms with Gasteiger partial charge in [0.05, 0.1) is 0 Å². The van der Waals surface area contributed by atoms with Crippen LogP contribution < -0.4 is 15.4 Å². The lowest BCUT2D eigenvalue weighted by molar-refractivity contribution is -0.120. The first-order valence-corrected chi connectivity index (χ1v) is 7.42. The molecule has 0 spiro atoms. The summed E-state index contributed by atoms with van der Waals surface area (Å²) in [5.74, 6) is 0.458. The molecule has 2 amide bonds. The summed E-state index contributed by atoms with van der Waals surface area (Å²) < 4.78 is 5.32. The van der Waals surface area contributed by atoms with Crippen LogP contribution in [0.5, 0.6) is 5.75 Å². The lowest BCUT2D eigenvalue weighted by Crippen LogP contribution is -2.30. The molecule has 0 fully saturated rings. The van der Waals surface area contributed by atoms with Crippen molar-refractivity contribution in [2.45, 2.75) is 19.3 Å². The Labute approximate surface area is 131 Å². The molecule has 1 rings (SSSR count). The largest absolute Gasteiger partial charge is 0.412 e. The number of nitrogens with one attached hydrogen (secondary N) is 2. The molecule has 0 radical (unpaired) electrons. The third kappa shape index (κ3) is 7.08. The van der Waals surface area contributed by atoms with Gasteiger partial charge in [-0.2, -0.15) is 0 Å². The SMILES string of the molecule is CNC(=O)CCc1ccccc1OC(=O)NCCCN(C)C. The van der Waals surface area contributed by atoms with Crippen LogP contribution in [0, 0.1) is 0 Å². The van der Waals surface area contributed by atoms with Crippen molar-refractivity contribution in [3.05, 3.63) is 29.8 Å². The summed E-state index contributed by atoms with van der Waals surface area (Å²) in [6, 6.07) is 7.26. The Hall–Kier alpha value is -2.08. The van der Waals surface area contributed by atoms with Crippen LogP contribution in [0.25, 0.3) is 0 Å². The number of benzene rings is 1. The molecule has 0 aliphatic heterocycles. The molecule has 0 aliphatic carbocycles. The molecule has 0 unspecified atom stereocenters. The van der Waals surface area contributed by atoms with Crippen molar-refractivity contribution in [1.29, 1.82) is 0 Å². The molecule has 1 aromatic rings. The maximum absolute atomic E-state index is 11.8. The van der Waals surface area contributed by atoms with Crippen molar-refractivity contribution >= 4 is 12.0 Å². The van der Waals surface area contributed by atoms with Crippen molar-refractivity contribution in [3.8, 4) is 5.75 Å². The highest BCUT2D eigenvalue weighted by Crippen LogP contribution is 2.19. The maximum Gasteiger partial charge on any atom is 0.412 e. The minimum absolute atomic E-state index is 0.0389. The number of para-hydroxylation sites is 1. The zero-order valence-corrected chi connectivity index (χ0v) is 13.5. The number of carbonyl (C=O) groups is 2. The predicted octanol–water partition coefficient (Wildman–Crippen LogP) is 1.41. The molecule has 22 heavy (non-hydrogen) atoms. The van der Waals surface area contributed by atoms with E-state index >= 15 is 0 Å². The Morgan fingerprint density at radius 2 is 1.95 bits per heavy atom. The molecule has 6 nitrogen and oxygen atoms in total. The van der Waals surface area contributed by atoms with Crippen LogP contribution >= 0.6 is 0 Å². The summed E-state index contributed by atoms with van der Waals surface area (Å²) in [6.07, 6.45) is 1.29. The van der Waals surface area contributed by atoms with Crippen LogP contribution in [0.1, 0.15) is 18.4 Å². The molecule has 122 valence electrons. The van der Waals surface area contributed by atoms with E-state index < -0.39 is 6.09 Å². The molecule has 0 heterocycles. The number of carbonyl (C=O) groups excluding carboxylic acids is 2.